The molecule has 8 heteroatoms. The Bertz CT molecular complexity index is 963. The first-order valence-electron chi connectivity index (χ1n) is 8.86. The summed E-state index contributed by atoms with van der Waals surface area (Å²) >= 11 is 1.40. The van der Waals surface area contributed by atoms with E-state index in [0.717, 1.165) is 22.6 Å². The first-order valence-corrected chi connectivity index (χ1v) is 9.84. The molecule has 0 saturated carbocycles. The fourth-order valence-corrected chi connectivity index (χ4v) is 3.58. The van der Waals surface area contributed by atoms with Gasteiger partial charge in [-0.25, -0.2) is 4.98 Å². The second-order valence-corrected chi connectivity index (χ2v) is 7.15. The molecular formula is C21H21N3O4S. The molecule has 29 heavy (non-hydrogen) atoms. The monoisotopic (exact) mass is 411 g/mol. The van der Waals surface area contributed by atoms with E-state index in [9.17, 15) is 10.1 Å². The maximum atomic E-state index is 11.4. The van der Waals surface area contributed by atoms with Crippen LogP contribution < -0.4 is 14.8 Å². The van der Waals surface area contributed by atoms with Crippen LogP contribution in [0.15, 0.2) is 65.7 Å². The Hall–Kier alpha value is -3.26. The lowest BCUT2D eigenvalue weighted by atomic mass is 10.2. The van der Waals surface area contributed by atoms with E-state index in [-0.39, 0.29) is 5.69 Å². The summed E-state index contributed by atoms with van der Waals surface area (Å²) in [5, 5.41) is 14.6. The quantitative estimate of drug-likeness (QED) is 0.304. The first-order chi connectivity index (χ1) is 14.1. The molecule has 0 bridgehead atoms. The average molecular weight is 411 g/mol. The summed E-state index contributed by atoms with van der Waals surface area (Å²) in [4.78, 5) is 15.7. The van der Waals surface area contributed by atoms with Crippen molar-refractivity contribution in [3.8, 4) is 11.5 Å². The number of ether oxygens (including phenoxy) is 2. The third-order valence-electron chi connectivity index (χ3n) is 4.23. The molecule has 7 nitrogen and oxygen atoms in total. The van der Waals surface area contributed by atoms with Gasteiger partial charge in [0.05, 0.1) is 24.0 Å². The molecule has 1 N–H and O–H groups in total. The van der Waals surface area contributed by atoms with Crippen molar-refractivity contribution in [2.75, 3.05) is 19.5 Å². The van der Waals surface area contributed by atoms with Crippen LogP contribution in [0.2, 0.25) is 0 Å². The molecule has 0 atom stereocenters. The van der Waals surface area contributed by atoms with Crippen LogP contribution in [-0.4, -0.2) is 24.1 Å². The Morgan fingerprint density at radius 3 is 2.14 bits per heavy atom. The fraction of sp³-hybridized carbons (Fsp3) is 0.190. The van der Waals surface area contributed by atoms with E-state index >= 15 is 0 Å². The normalized spacial score (nSPS) is 10.4. The van der Waals surface area contributed by atoms with E-state index in [1.165, 1.54) is 18.0 Å². The maximum Gasteiger partial charge on any atom is 0.301 e. The van der Waals surface area contributed by atoms with Crippen LogP contribution in [-0.2, 0) is 12.3 Å². The molecule has 0 aliphatic carbocycles. The minimum absolute atomic E-state index is 0.00138. The number of rotatable bonds is 9. The zero-order valence-electron chi connectivity index (χ0n) is 16.1. The van der Waals surface area contributed by atoms with Gasteiger partial charge in [-0.05, 0) is 35.4 Å². The molecule has 0 radical (unpaired) electrons. The smallest absolute Gasteiger partial charge is 0.301 e. The zero-order chi connectivity index (χ0) is 20.6. The summed E-state index contributed by atoms with van der Waals surface area (Å²) in [5.41, 5.74) is 2.10. The summed E-state index contributed by atoms with van der Waals surface area (Å²) in [6, 6.07) is 17.0. The molecule has 3 rings (SSSR count). The predicted octanol–water partition coefficient (Wildman–Crippen LogP) is 4.91. The number of nitrogens with zero attached hydrogens (tertiary/aromatic N) is 2. The van der Waals surface area contributed by atoms with E-state index in [1.54, 1.807) is 20.3 Å². The predicted molar refractivity (Wildman–Crippen MR) is 114 cm³/mol. The fourth-order valence-electron chi connectivity index (χ4n) is 2.60. The summed E-state index contributed by atoms with van der Waals surface area (Å²) < 4.78 is 10.3. The standard InChI is InChI=1S/C21H21N3O4S/c1-27-17-7-3-15(4-8-17)12-22-21-11-20(19(13-23-21)24(25)26)29-14-16-5-9-18(28-2)10-6-16/h3-11,13H,12,14H2,1-2H3,(H,22,23). The van der Waals surface area contributed by atoms with Gasteiger partial charge in [0.2, 0.25) is 0 Å². The molecule has 150 valence electrons. The highest BCUT2D eigenvalue weighted by Gasteiger charge is 2.16. The molecule has 3 aromatic rings. The van der Waals surface area contributed by atoms with Crippen molar-refractivity contribution in [3.63, 3.8) is 0 Å². The number of nitro groups is 1. The van der Waals surface area contributed by atoms with E-state index in [4.69, 9.17) is 9.47 Å². The largest absolute Gasteiger partial charge is 0.497 e. The van der Waals surface area contributed by atoms with Gasteiger partial charge < -0.3 is 14.8 Å². The number of methoxy groups -OCH3 is 2. The second kappa shape index (κ2) is 9.79. The molecule has 2 aromatic carbocycles. The van der Waals surface area contributed by atoms with Gasteiger partial charge in [-0.2, -0.15) is 0 Å². The van der Waals surface area contributed by atoms with Crippen LogP contribution in [0.3, 0.4) is 0 Å². The Balaban J connectivity index is 1.69. The van der Waals surface area contributed by atoms with Crippen molar-refractivity contribution >= 4 is 23.3 Å². The van der Waals surface area contributed by atoms with Gasteiger partial charge in [-0.1, -0.05) is 24.3 Å². The van der Waals surface area contributed by atoms with Gasteiger partial charge in [0.15, 0.2) is 0 Å². The van der Waals surface area contributed by atoms with Gasteiger partial charge in [-0.3, -0.25) is 10.1 Å². The minimum atomic E-state index is -0.406. The van der Waals surface area contributed by atoms with Crippen LogP contribution in [0.4, 0.5) is 11.5 Å². The summed E-state index contributed by atoms with van der Waals surface area (Å²) in [6.45, 7) is 0.553. The van der Waals surface area contributed by atoms with Gasteiger partial charge in [-0.15, -0.1) is 11.8 Å². The highest BCUT2D eigenvalue weighted by Crippen LogP contribution is 2.33. The molecule has 1 aromatic heterocycles. The molecule has 0 aliphatic heterocycles. The first kappa shape index (κ1) is 20.5. The van der Waals surface area contributed by atoms with E-state index < -0.39 is 4.92 Å². The number of thioether (sulfide) groups is 1. The molecule has 0 unspecified atom stereocenters. The lowest BCUT2D eigenvalue weighted by molar-refractivity contribution is -0.388. The average Bonchev–Trinajstić information content (AvgIpc) is 2.76. The van der Waals surface area contributed by atoms with E-state index in [2.05, 4.69) is 10.3 Å². The third-order valence-corrected chi connectivity index (χ3v) is 5.34. The Morgan fingerprint density at radius 2 is 1.59 bits per heavy atom. The Kier molecular flexibility index (Phi) is 6.91. The molecular weight excluding hydrogens is 390 g/mol. The van der Waals surface area contributed by atoms with E-state index in [0.29, 0.717) is 23.0 Å². The number of hydrogen-bond acceptors (Lipinski definition) is 7. The van der Waals surface area contributed by atoms with Gasteiger partial charge in [0.25, 0.3) is 0 Å². The van der Waals surface area contributed by atoms with Crippen LogP contribution in [0.25, 0.3) is 0 Å². The number of hydrogen-bond donors (Lipinski definition) is 1. The molecule has 0 fully saturated rings. The second-order valence-electron chi connectivity index (χ2n) is 6.13. The Labute approximate surface area is 173 Å². The zero-order valence-corrected chi connectivity index (χ0v) is 16.9. The number of pyridine rings is 1. The van der Waals surface area contributed by atoms with Crippen molar-refractivity contribution in [1.82, 2.24) is 4.98 Å². The van der Waals surface area contributed by atoms with Crippen molar-refractivity contribution < 1.29 is 14.4 Å². The lowest BCUT2D eigenvalue weighted by Gasteiger charge is -2.09. The van der Waals surface area contributed by atoms with Gasteiger partial charge >= 0.3 is 5.69 Å². The summed E-state index contributed by atoms with van der Waals surface area (Å²) in [7, 11) is 3.24. The van der Waals surface area contributed by atoms with Crippen LogP contribution in [0, 0.1) is 10.1 Å². The summed E-state index contributed by atoms with van der Waals surface area (Å²) in [5.74, 6) is 2.76. The SMILES string of the molecule is COc1ccc(CNc2cc(SCc3ccc(OC)cc3)c([N+](=O)[O-])cn2)cc1. The molecule has 1 heterocycles. The number of anilines is 1. The van der Waals surface area contributed by atoms with Crippen molar-refractivity contribution in [2.24, 2.45) is 0 Å². The van der Waals surface area contributed by atoms with Crippen LogP contribution in [0.5, 0.6) is 11.5 Å². The maximum absolute atomic E-state index is 11.4. The van der Waals surface area contributed by atoms with Crippen LogP contribution >= 0.6 is 11.8 Å². The number of aromatic nitrogens is 1. The van der Waals surface area contributed by atoms with E-state index in [1.807, 2.05) is 48.5 Å². The Morgan fingerprint density at radius 1 is 1.00 bits per heavy atom. The summed E-state index contributed by atoms with van der Waals surface area (Å²) in [6.07, 6.45) is 1.30. The molecule has 0 saturated heterocycles. The van der Waals surface area contributed by atoms with Gasteiger partial charge in [0, 0.05) is 18.4 Å². The highest BCUT2D eigenvalue weighted by atomic mass is 32.2. The van der Waals surface area contributed by atoms with Crippen LogP contribution in [0.1, 0.15) is 11.1 Å². The van der Waals surface area contributed by atoms with Gasteiger partial charge in [0.1, 0.15) is 23.5 Å². The van der Waals surface area contributed by atoms with Crippen molar-refractivity contribution in [2.45, 2.75) is 17.2 Å². The molecule has 0 spiro atoms. The molecule has 0 amide bonds. The van der Waals surface area contributed by atoms with Crippen molar-refractivity contribution in [1.29, 1.82) is 0 Å². The molecule has 0 aliphatic rings. The third kappa shape index (κ3) is 5.61. The minimum Gasteiger partial charge on any atom is -0.497 e. The number of benzene rings is 2. The highest BCUT2D eigenvalue weighted by molar-refractivity contribution is 7.98. The number of nitrogens with one attached hydrogen (secondary N) is 1. The topological polar surface area (TPSA) is 86.5 Å². The van der Waals surface area contributed by atoms with Crippen molar-refractivity contribution in [3.05, 3.63) is 82.0 Å². The lowest BCUT2D eigenvalue weighted by Crippen LogP contribution is -2.02.